The van der Waals surface area contributed by atoms with Gasteiger partial charge in [0.25, 0.3) is 0 Å². The quantitative estimate of drug-likeness (QED) is 0.615. The minimum Gasteiger partial charge on any atom is -0.333 e. The highest BCUT2D eigenvalue weighted by Crippen LogP contribution is 2.32. The lowest BCUT2D eigenvalue weighted by Crippen LogP contribution is -2.42. The average molecular weight is 449 g/mol. The second kappa shape index (κ2) is 9.34. The van der Waals surface area contributed by atoms with Crippen molar-refractivity contribution in [2.24, 2.45) is 0 Å². The highest BCUT2D eigenvalue weighted by atomic mass is 32.1. The number of anilines is 2. The minimum absolute atomic E-state index is 0.0296. The molecular formula is C24H28N6OS. The second-order valence-electron chi connectivity index (χ2n) is 8.40. The van der Waals surface area contributed by atoms with E-state index in [0.29, 0.717) is 6.54 Å². The molecule has 1 amide bonds. The van der Waals surface area contributed by atoms with Crippen LogP contribution in [0, 0.1) is 0 Å². The lowest BCUT2D eigenvalue weighted by Gasteiger charge is -2.31. The fourth-order valence-corrected chi connectivity index (χ4v) is 5.29. The van der Waals surface area contributed by atoms with Crippen molar-refractivity contribution in [3.63, 3.8) is 0 Å². The molecule has 1 saturated heterocycles. The largest absolute Gasteiger partial charge is 0.333 e. The summed E-state index contributed by atoms with van der Waals surface area (Å²) in [5.74, 6) is 0.942. The number of fused-ring (bicyclic) bond motifs is 1. The maximum atomic E-state index is 13.2. The Morgan fingerprint density at radius 1 is 1.12 bits per heavy atom. The van der Waals surface area contributed by atoms with Gasteiger partial charge in [-0.05, 0) is 48.9 Å². The van der Waals surface area contributed by atoms with Crippen LogP contribution >= 0.6 is 11.3 Å². The maximum absolute atomic E-state index is 13.2. The number of nitrogens with zero attached hydrogens (tertiary/aromatic N) is 5. The zero-order valence-electron chi connectivity index (χ0n) is 18.3. The van der Waals surface area contributed by atoms with Gasteiger partial charge >= 0.3 is 0 Å². The van der Waals surface area contributed by atoms with Gasteiger partial charge in [0.05, 0.1) is 18.3 Å². The number of hydrogen-bond acceptors (Lipinski definition) is 7. The molecule has 2 aromatic heterocycles. The minimum atomic E-state index is 0.0296. The summed E-state index contributed by atoms with van der Waals surface area (Å²) in [6, 6.07) is 14.5. The summed E-state index contributed by atoms with van der Waals surface area (Å²) in [7, 11) is 0. The van der Waals surface area contributed by atoms with Gasteiger partial charge < -0.3 is 10.2 Å². The summed E-state index contributed by atoms with van der Waals surface area (Å²) in [5, 5.41) is 13.3. The van der Waals surface area contributed by atoms with E-state index in [-0.39, 0.29) is 11.9 Å². The summed E-state index contributed by atoms with van der Waals surface area (Å²) in [4.78, 5) is 22.4. The van der Waals surface area contributed by atoms with Gasteiger partial charge in [-0.25, -0.2) is 4.98 Å². The molecule has 32 heavy (non-hydrogen) atoms. The van der Waals surface area contributed by atoms with Crippen LogP contribution in [0.3, 0.4) is 0 Å². The van der Waals surface area contributed by atoms with Crippen molar-refractivity contribution in [2.45, 2.75) is 45.2 Å². The van der Waals surface area contributed by atoms with E-state index < -0.39 is 0 Å². The van der Waals surface area contributed by atoms with Crippen molar-refractivity contribution in [3.05, 3.63) is 64.3 Å². The Morgan fingerprint density at radius 2 is 2.00 bits per heavy atom. The van der Waals surface area contributed by atoms with E-state index in [1.165, 1.54) is 11.1 Å². The van der Waals surface area contributed by atoms with Gasteiger partial charge in [-0.1, -0.05) is 48.6 Å². The number of nitrogens with one attached hydrogen (secondary N) is 1. The smallest absolute Gasteiger partial charge is 0.237 e. The lowest BCUT2D eigenvalue weighted by atomic mass is 10.00. The standard InChI is InChI=1S/C24H28N6OS/c1-2-22-27-28-24(32-22)26-21-11-5-9-19(25-21)20-10-6-13-30(20)23(31)16-29-14-12-17-7-3-4-8-18(17)15-29/h3-5,7-9,11,20H,2,6,10,12-16H2,1H3,(H,25,26,28)/t20-/m0/s1. The topological polar surface area (TPSA) is 74.2 Å². The van der Waals surface area contributed by atoms with Crippen LogP contribution in [0.1, 0.15) is 47.6 Å². The molecule has 5 rings (SSSR count). The third-order valence-corrected chi connectivity index (χ3v) is 7.24. The molecule has 8 heteroatoms. The third-order valence-electron chi connectivity index (χ3n) is 6.26. The number of hydrogen-bond donors (Lipinski definition) is 1. The number of pyridine rings is 1. The summed E-state index contributed by atoms with van der Waals surface area (Å²) >= 11 is 1.54. The van der Waals surface area contributed by atoms with Crippen LogP contribution in [0.25, 0.3) is 0 Å². The van der Waals surface area contributed by atoms with Gasteiger partial charge in [0.2, 0.25) is 11.0 Å². The van der Waals surface area contributed by atoms with Crippen LogP contribution in [0.5, 0.6) is 0 Å². The number of amides is 1. The molecule has 1 fully saturated rings. The second-order valence-corrected chi connectivity index (χ2v) is 9.46. The van der Waals surface area contributed by atoms with E-state index in [4.69, 9.17) is 4.98 Å². The van der Waals surface area contributed by atoms with E-state index in [1.54, 1.807) is 11.3 Å². The first-order valence-electron chi connectivity index (χ1n) is 11.3. The third kappa shape index (κ3) is 4.52. The zero-order valence-corrected chi connectivity index (χ0v) is 19.1. The molecule has 2 aliphatic heterocycles. The van der Waals surface area contributed by atoms with Gasteiger partial charge in [-0.15, -0.1) is 10.2 Å². The molecule has 1 aromatic carbocycles. The highest BCUT2D eigenvalue weighted by molar-refractivity contribution is 7.15. The molecule has 0 radical (unpaired) electrons. The number of aromatic nitrogens is 3. The van der Waals surface area contributed by atoms with Gasteiger partial charge in [-0.3, -0.25) is 9.69 Å². The summed E-state index contributed by atoms with van der Waals surface area (Å²) in [5.41, 5.74) is 3.68. The molecule has 7 nitrogen and oxygen atoms in total. The number of benzene rings is 1. The first-order chi connectivity index (χ1) is 15.7. The Hall–Kier alpha value is -2.84. The van der Waals surface area contributed by atoms with Gasteiger partial charge in [0, 0.05) is 19.6 Å². The summed E-state index contributed by atoms with van der Waals surface area (Å²) < 4.78 is 0. The molecule has 0 bridgehead atoms. The molecule has 0 spiro atoms. The SMILES string of the molecule is CCc1nnc(Nc2cccc([C@@H]3CCCN3C(=O)CN3CCc4ccccc4C3)n2)s1. The fourth-order valence-electron chi connectivity index (χ4n) is 4.61. The number of carbonyl (C=O) groups excluding carboxylic acids is 1. The Kier molecular flexibility index (Phi) is 6.14. The van der Waals surface area contributed by atoms with E-state index in [0.717, 1.165) is 67.0 Å². The van der Waals surface area contributed by atoms with Crippen molar-refractivity contribution in [3.8, 4) is 0 Å². The molecule has 166 valence electrons. The summed E-state index contributed by atoms with van der Waals surface area (Å²) in [6.45, 7) is 5.11. The van der Waals surface area contributed by atoms with Crippen LogP contribution in [-0.2, 0) is 24.2 Å². The molecule has 3 aromatic rings. The van der Waals surface area contributed by atoms with Crippen molar-refractivity contribution in [2.75, 3.05) is 25.0 Å². The van der Waals surface area contributed by atoms with Gasteiger partial charge in [0.15, 0.2) is 0 Å². The van der Waals surface area contributed by atoms with Crippen molar-refractivity contribution < 1.29 is 4.79 Å². The molecule has 1 N–H and O–H groups in total. The zero-order chi connectivity index (χ0) is 21.9. The first-order valence-corrected chi connectivity index (χ1v) is 12.2. The highest BCUT2D eigenvalue weighted by Gasteiger charge is 2.32. The Labute approximate surface area is 192 Å². The van der Waals surface area contributed by atoms with Crippen molar-refractivity contribution in [1.29, 1.82) is 0 Å². The maximum Gasteiger partial charge on any atom is 0.237 e. The normalized spacial score (nSPS) is 18.5. The Bertz CT molecular complexity index is 1100. The molecule has 1 atom stereocenters. The van der Waals surface area contributed by atoms with E-state index in [9.17, 15) is 4.79 Å². The average Bonchev–Trinajstić information content (AvgIpc) is 3.49. The van der Waals surface area contributed by atoms with Crippen molar-refractivity contribution >= 4 is 28.2 Å². The summed E-state index contributed by atoms with van der Waals surface area (Å²) in [6.07, 6.45) is 3.83. The van der Waals surface area contributed by atoms with Crippen LogP contribution in [0.15, 0.2) is 42.5 Å². The van der Waals surface area contributed by atoms with Crippen LogP contribution in [-0.4, -0.2) is 50.5 Å². The first kappa shape index (κ1) is 21.0. The number of rotatable bonds is 6. The molecule has 0 aliphatic carbocycles. The monoisotopic (exact) mass is 448 g/mol. The molecule has 0 saturated carbocycles. The molecule has 4 heterocycles. The van der Waals surface area contributed by atoms with Gasteiger partial charge in [-0.2, -0.15) is 0 Å². The van der Waals surface area contributed by atoms with Crippen molar-refractivity contribution in [1.82, 2.24) is 25.0 Å². The Balaban J connectivity index is 1.26. The predicted molar refractivity (Wildman–Crippen MR) is 126 cm³/mol. The number of carbonyl (C=O) groups is 1. The van der Waals surface area contributed by atoms with Gasteiger partial charge in [0.1, 0.15) is 10.8 Å². The molecule has 0 unspecified atom stereocenters. The van der Waals surface area contributed by atoms with Crippen LogP contribution < -0.4 is 5.32 Å². The molecular weight excluding hydrogens is 420 g/mol. The van der Waals surface area contributed by atoms with E-state index >= 15 is 0 Å². The number of likely N-dealkylation sites (tertiary alicyclic amines) is 1. The predicted octanol–water partition coefficient (Wildman–Crippen LogP) is 3.96. The Morgan fingerprint density at radius 3 is 2.84 bits per heavy atom. The lowest BCUT2D eigenvalue weighted by molar-refractivity contribution is -0.133. The van der Waals surface area contributed by atoms with E-state index in [1.807, 2.05) is 23.1 Å². The van der Waals surface area contributed by atoms with Crippen LogP contribution in [0.4, 0.5) is 10.9 Å². The van der Waals surface area contributed by atoms with E-state index in [2.05, 4.69) is 51.6 Å². The number of aryl methyl sites for hydroxylation is 1. The van der Waals surface area contributed by atoms with Crippen LogP contribution in [0.2, 0.25) is 0 Å². The molecule has 2 aliphatic rings. The fraction of sp³-hybridized carbons (Fsp3) is 0.417.